The number of rotatable bonds is 6. The Kier molecular flexibility index (Phi) is 8.26. The molecule has 1 aliphatic carbocycles. The normalized spacial score (nSPS) is 23.9. The van der Waals surface area contributed by atoms with Crippen LogP contribution in [-0.4, -0.2) is 75.3 Å². The molecule has 1 saturated heterocycles. The summed E-state index contributed by atoms with van der Waals surface area (Å²) < 4.78 is 5.44. The van der Waals surface area contributed by atoms with Gasteiger partial charge in [0.15, 0.2) is 5.96 Å². The average Bonchev–Trinajstić information content (AvgIpc) is 3.17. The molecule has 2 aliphatic rings. The molecular weight excluding hydrogens is 379 g/mol. The van der Waals surface area contributed by atoms with Crippen LogP contribution in [0.3, 0.4) is 0 Å². The second kappa shape index (κ2) is 9.15. The lowest BCUT2D eigenvalue weighted by atomic mass is 10.1. The van der Waals surface area contributed by atoms with E-state index in [0.29, 0.717) is 12.0 Å². The van der Waals surface area contributed by atoms with Gasteiger partial charge in [-0.05, 0) is 33.2 Å². The summed E-state index contributed by atoms with van der Waals surface area (Å²) in [6.45, 7) is 6.05. The molecule has 5 nitrogen and oxygen atoms in total. The first-order valence-electron chi connectivity index (χ1n) is 7.83. The number of hydrogen-bond donors (Lipinski definition) is 1. The fourth-order valence-corrected chi connectivity index (χ4v) is 2.81. The van der Waals surface area contributed by atoms with Crippen LogP contribution >= 0.6 is 24.0 Å². The molecule has 2 unspecified atom stereocenters. The van der Waals surface area contributed by atoms with Crippen molar-refractivity contribution >= 4 is 29.9 Å². The summed E-state index contributed by atoms with van der Waals surface area (Å²) >= 11 is 0. The van der Waals surface area contributed by atoms with Gasteiger partial charge in [0.2, 0.25) is 0 Å². The lowest BCUT2D eigenvalue weighted by molar-refractivity contribution is 0.181. The Bertz CT molecular complexity index is 330. The zero-order chi connectivity index (χ0) is 14.5. The van der Waals surface area contributed by atoms with E-state index in [0.717, 1.165) is 38.3 Å². The minimum atomic E-state index is 0. The molecule has 21 heavy (non-hydrogen) atoms. The van der Waals surface area contributed by atoms with Gasteiger partial charge in [-0.1, -0.05) is 0 Å². The second-order valence-electron chi connectivity index (χ2n) is 6.28. The van der Waals surface area contributed by atoms with Gasteiger partial charge in [0.05, 0.1) is 6.61 Å². The van der Waals surface area contributed by atoms with Crippen LogP contribution in [0, 0.1) is 5.92 Å². The Labute approximate surface area is 146 Å². The van der Waals surface area contributed by atoms with Gasteiger partial charge in [0.25, 0.3) is 0 Å². The number of ether oxygens (including phenoxy) is 1. The van der Waals surface area contributed by atoms with Gasteiger partial charge in [0.1, 0.15) is 0 Å². The highest BCUT2D eigenvalue weighted by Gasteiger charge is 2.29. The average molecular weight is 410 g/mol. The minimum Gasteiger partial charge on any atom is -0.381 e. The zero-order valence-corrected chi connectivity index (χ0v) is 16.2. The summed E-state index contributed by atoms with van der Waals surface area (Å²) in [5.41, 5.74) is 0. The summed E-state index contributed by atoms with van der Waals surface area (Å²) in [7, 11) is 6.20. The Balaban J connectivity index is 0.00000220. The summed E-state index contributed by atoms with van der Waals surface area (Å²) in [6, 6.07) is 1.35. The van der Waals surface area contributed by atoms with Gasteiger partial charge in [0, 0.05) is 51.8 Å². The number of halogens is 1. The van der Waals surface area contributed by atoms with E-state index in [-0.39, 0.29) is 24.0 Å². The highest BCUT2D eigenvalue weighted by atomic mass is 127. The van der Waals surface area contributed by atoms with Crippen molar-refractivity contribution in [3.05, 3.63) is 0 Å². The van der Waals surface area contributed by atoms with E-state index in [9.17, 15) is 0 Å². The smallest absolute Gasteiger partial charge is 0.193 e. The molecule has 0 amide bonds. The summed E-state index contributed by atoms with van der Waals surface area (Å²) in [5, 5.41) is 3.50. The largest absolute Gasteiger partial charge is 0.381 e. The van der Waals surface area contributed by atoms with Gasteiger partial charge in [-0.3, -0.25) is 9.89 Å². The van der Waals surface area contributed by atoms with E-state index in [1.54, 1.807) is 0 Å². The van der Waals surface area contributed by atoms with Crippen LogP contribution in [0.15, 0.2) is 4.99 Å². The van der Waals surface area contributed by atoms with E-state index >= 15 is 0 Å². The maximum atomic E-state index is 5.44. The number of hydrogen-bond acceptors (Lipinski definition) is 3. The van der Waals surface area contributed by atoms with Gasteiger partial charge in [-0.25, -0.2) is 0 Å². The molecule has 1 heterocycles. The zero-order valence-electron chi connectivity index (χ0n) is 13.8. The highest BCUT2D eigenvalue weighted by molar-refractivity contribution is 14.0. The standard InChI is InChI=1S/C15H30N4O.HI/c1-12(19(4)14-5-6-14)9-17-15(16-2)18(3)10-13-7-8-20-11-13;/h12-14H,5-11H2,1-4H3,(H,16,17);1H. The van der Waals surface area contributed by atoms with E-state index < -0.39 is 0 Å². The molecule has 2 rings (SSSR count). The molecule has 1 aliphatic heterocycles. The van der Waals surface area contributed by atoms with Crippen molar-refractivity contribution in [2.75, 3.05) is 47.4 Å². The molecular formula is C15H31IN4O. The molecule has 0 spiro atoms. The number of guanidine groups is 1. The van der Waals surface area contributed by atoms with E-state index in [1.807, 2.05) is 7.05 Å². The highest BCUT2D eigenvalue weighted by Crippen LogP contribution is 2.26. The van der Waals surface area contributed by atoms with Crippen LogP contribution in [-0.2, 0) is 4.74 Å². The number of nitrogens with zero attached hydrogens (tertiary/aromatic N) is 3. The molecule has 0 radical (unpaired) electrons. The van der Waals surface area contributed by atoms with Crippen molar-refractivity contribution in [3.63, 3.8) is 0 Å². The number of nitrogens with one attached hydrogen (secondary N) is 1. The predicted octanol–water partition coefficient (Wildman–Crippen LogP) is 1.63. The molecule has 0 aromatic heterocycles. The molecule has 0 aromatic carbocycles. The van der Waals surface area contributed by atoms with Crippen LogP contribution in [0.5, 0.6) is 0 Å². The van der Waals surface area contributed by atoms with Crippen LogP contribution in [0.2, 0.25) is 0 Å². The van der Waals surface area contributed by atoms with Gasteiger partial charge in [-0.2, -0.15) is 0 Å². The van der Waals surface area contributed by atoms with Crippen LogP contribution in [0.1, 0.15) is 26.2 Å². The summed E-state index contributed by atoms with van der Waals surface area (Å²) in [4.78, 5) is 9.10. The molecule has 0 bridgehead atoms. The Morgan fingerprint density at radius 1 is 1.33 bits per heavy atom. The first kappa shape index (κ1) is 19.0. The van der Waals surface area contributed by atoms with Crippen LogP contribution in [0.4, 0.5) is 0 Å². The number of aliphatic imine (C=N–C) groups is 1. The van der Waals surface area contributed by atoms with Crippen molar-refractivity contribution in [1.82, 2.24) is 15.1 Å². The Morgan fingerprint density at radius 2 is 2.05 bits per heavy atom. The Morgan fingerprint density at radius 3 is 2.57 bits per heavy atom. The fourth-order valence-electron chi connectivity index (χ4n) is 2.81. The lowest BCUT2D eigenvalue weighted by Gasteiger charge is -2.28. The first-order valence-corrected chi connectivity index (χ1v) is 7.83. The van der Waals surface area contributed by atoms with E-state index in [2.05, 4.69) is 41.1 Å². The number of likely N-dealkylation sites (N-methyl/N-ethyl adjacent to an activating group) is 1. The van der Waals surface area contributed by atoms with Crippen molar-refractivity contribution in [1.29, 1.82) is 0 Å². The quantitative estimate of drug-likeness (QED) is 0.411. The van der Waals surface area contributed by atoms with Crippen LogP contribution in [0.25, 0.3) is 0 Å². The van der Waals surface area contributed by atoms with Crippen molar-refractivity contribution in [3.8, 4) is 0 Å². The van der Waals surface area contributed by atoms with Gasteiger partial charge >= 0.3 is 0 Å². The Hall–Kier alpha value is -0.0800. The third-order valence-electron chi connectivity index (χ3n) is 4.50. The first-order chi connectivity index (χ1) is 9.61. The summed E-state index contributed by atoms with van der Waals surface area (Å²) in [6.07, 6.45) is 3.89. The van der Waals surface area contributed by atoms with Crippen molar-refractivity contribution in [2.24, 2.45) is 10.9 Å². The molecule has 2 atom stereocenters. The van der Waals surface area contributed by atoms with E-state index in [4.69, 9.17) is 4.74 Å². The third-order valence-corrected chi connectivity index (χ3v) is 4.50. The molecule has 6 heteroatoms. The summed E-state index contributed by atoms with van der Waals surface area (Å²) in [5.74, 6) is 1.64. The monoisotopic (exact) mass is 410 g/mol. The molecule has 2 fully saturated rings. The SMILES string of the molecule is CN=C(NCC(C)N(C)C1CC1)N(C)CC1CCOC1.I. The minimum absolute atomic E-state index is 0. The predicted molar refractivity (Wildman–Crippen MR) is 98.6 cm³/mol. The lowest BCUT2D eigenvalue weighted by Crippen LogP contribution is -2.47. The van der Waals surface area contributed by atoms with Crippen molar-refractivity contribution in [2.45, 2.75) is 38.3 Å². The van der Waals surface area contributed by atoms with Crippen molar-refractivity contribution < 1.29 is 4.74 Å². The maximum absolute atomic E-state index is 5.44. The molecule has 124 valence electrons. The molecule has 1 saturated carbocycles. The van der Waals surface area contributed by atoms with Gasteiger partial charge in [-0.15, -0.1) is 24.0 Å². The third kappa shape index (κ3) is 5.90. The van der Waals surface area contributed by atoms with Crippen LogP contribution < -0.4 is 5.32 Å². The van der Waals surface area contributed by atoms with Gasteiger partial charge < -0.3 is 15.0 Å². The fraction of sp³-hybridized carbons (Fsp3) is 0.933. The molecule has 1 N–H and O–H groups in total. The topological polar surface area (TPSA) is 40.1 Å². The second-order valence-corrected chi connectivity index (χ2v) is 6.28. The van der Waals surface area contributed by atoms with E-state index in [1.165, 1.54) is 19.3 Å². The maximum Gasteiger partial charge on any atom is 0.193 e. The molecule has 0 aromatic rings.